The zero-order valence-corrected chi connectivity index (χ0v) is 17.7. The second-order valence-electron chi connectivity index (χ2n) is 7.62. The predicted octanol–water partition coefficient (Wildman–Crippen LogP) is 3.57. The van der Waals surface area contributed by atoms with Gasteiger partial charge in [-0.3, -0.25) is 4.79 Å². The predicted molar refractivity (Wildman–Crippen MR) is 120 cm³/mol. The quantitative estimate of drug-likeness (QED) is 0.530. The molecule has 3 aromatic rings. The molecular weight excluding hydrogens is 382 g/mol. The number of aromatic nitrogens is 2. The van der Waals surface area contributed by atoms with Gasteiger partial charge < -0.3 is 20.5 Å². The molecule has 1 saturated heterocycles. The van der Waals surface area contributed by atoms with Crippen LogP contribution >= 0.6 is 11.3 Å². The van der Waals surface area contributed by atoms with E-state index in [1.54, 1.807) is 6.20 Å². The molecule has 7 heteroatoms. The molecule has 1 aliphatic rings. The Morgan fingerprint density at radius 3 is 2.97 bits per heavy atom. The third-order valence-corrected chi connectivity index (χ3v) is 6.54. The lowest BCUT2D eigenvalue weighted by atomic mass is 10.0. The molecule has 1 atom stereocenters. The van der Waals surface area contributed by atoms with E-state index in [2.05, 4.69) is 56.8 Å². The number of amides is 1. The highest BCUT2D eigenvalue weighted by Gasteiger charge is 2.20. The first-order chi connectivity index (χ1) is 14.2. The fourth-order valence-corrected chi connectivity index (χ4v) is 4.74. The number of carbonyl (C=O) groups excluding carboxylic acids is 1. The van der Waals surface area contributed by atoms with Gasteiger partial charge in [0.05, 0.1) is 6.20 Å². The summed E-state index contributed by atoms with van der Waals surface area (Å²) < 4.78 is 0. The third-order valence-electron chi connectivity index (χ3n) is 5.49. The van der Waals surface area contributed by atoms with Gasteiger partial charge >= 0.3 is 0 Å². The van der Waals surface area contributed by atoms with Gasteiger partial charge in [0.25, 0.3) is 5.91 Å². The van der Waals surface area contributed by atoms with Gasteiger partial charge in [-0.25, -0.2) is 4.98 Å². The number of nitrogens with zero attached hydrogens (tertiary/aromatic N) is 2. The van der Waals surface area contributed by atoms with Crippen LogP contribution in [0.1, 0.15) is 41.4 Å². The average Bonchev–Trinajstić information content (AvgIpc) is 3.41. The van der Waals surface area contributed by atoms with Crippen molar-refractivity contribution in [2.45, 2.75) is 38.6 Å². The number of hydrogen-bond donors (Lipinski definition) is 3. The largest absolute Gasteiger partial charge is 0.361 e. The van der Waals surface area contributed by atoms with E-state index in [1.165, 1.54) is 22.3 Å². The van der Waals surface area contributed by atoms with Gasteiger partial charge in [0, 0.05) is 49.3 Å². The number of para-hydroxylation sites is 1. The lowest BCUT2D eigenvalue weighted by molar-refractivity contribution is 0.0938. The molecule has 154 valence electrons. The number of H-pyrrole nitrogens is 1. The Morgan fingerprint density at radius 2 is 2.14 bits per heavy atom. The first-order valence-corrected chi connectivity index (χ1v) is 11.3. The standard InChI is InChI=1S/C22H29N5OS/c1-2-3-6-17(13-16-14-24-19-8-5-4-7-18(16)19)26-21(28)20-15-25-22(29-20)27-11-9-23-10-12-27/h4-5,7-8,14-15,17,23-24H,2-3,6,9-13H2,1H3,(H,26,28). The highest BCUT2D eigenvalue weighted by Crippen LogP contribution is 2.24. The normalized spacial score (nSPS) is 15.6. The average molecular weight is 412 g/mol. The monoisotopic (exact) mass is 411 g/mol. The van der Waals surface area contributed by atoms with E-state index in [1.807, 2.05) is 6.07 Å². The zero-order chi connectivity index (χ0) is 20.1. The lowest BCUT2D eigenvalue weighted by Gasteiger charge is -2.26. The molecule has 4 rings (SSSR count). The van der Waals surface area contributed by atoms with E-state index in [0.717, 1.165) is 62.5 Å². The van der Waals surface area contributed by atoms with Crippen LogP contribution in [0.3, 0.4) is 0 Å². The highest BCUT2D eigenvalue weighted by molar-refractivity contribution is 7.17. The van der Waals surface area contributed by atoms with Gasteiger partial charge in [0.15, 0.2) is 5.13 Å². The Hall–Kier alpha value is -2.38. The minimum absolute atomic E-state index is 0.00942. The van der Waals surface area contributed by atoms with Crippen molar-refractivity contribution < 1.29 is 4.79 Å². The van der Waals surface area contributed by atoms with Crippen LogP contribution < -0.4 is 15.5 Å². The number of anilines is 1. The number of rotatable bonds is 8. The Balaban J connectivity index is 1.44. The van der Waals surface area contributed by atoms with Crippen molar-refractivity contribution in [2.24, 2.45) is 0 Å². The zero-order valence-electron chi connectivity index (χ0n) is 16.9. The van der Waals surface area contributed by atoms with Gasteiger partial charge in [-0.2, -0.15) is 0 Å². The van der Waals surface area contributed by atoms with Crippen LogP contribution in [0.2, 0.25) is 0 Å². The lowest BCUT2D eigenvalue weighted by Crippen LogP contribution is -2.43. The van der Waals surface area contributed by atoms with E-state index in [-0.39, 0.29) is 11.9 Å². The Morgan fingerprint density at radius 1 is 1.31 bits per heavy atom. The molecule has 0 bridgehead atoms. The van der Waals surface area contributed by atoms with E-state index in [4.69, 9.17) is 0 Å². The molecule has 1 unspecified atom stereocenters. The number of benzene rings is 1. The van der Waals surface area contributed by atoms with Crippen molar-refractivity contribution in [2.75, 3.05) is 31.1 Å². The van der Waals surface area contributed by atoms with Crippen molar-refractivity contribution in [3.63, 3.8) is 0 Å². The number of fused-ring (bicyclic) bond motifs is 1. The molecule has 29 heavy (non-hydrogen) atoms. The van der Waals surface area contributed by atoms with Crippen molar-refractivity contribution in [1.82, 2.24) is 20.6 Å². The minimum Gasteiger partial charge on any atom is -0.361 e. The second kappa shape index (κ2) is 9.41. The van der Waals surface area contributed by atoms with Crippen molar-refractivity contribution in [3.8, 4) is 0 Å². The summed E-state index contributed by atoms with van der Waals surface area (Å²) in [5, 5.41) is 8.80. The molecule has 3 heterocycles. The highest BCUT2D eigenvalue weighted by atomic mass is 32.1. The van der Waals surface area contributed by atoms with Crippen molar-refractivity contribution in [1.29, 1.82) is 0 Å². The van der Waals surface area contributed by atoms with E-state index < -0.39 is 0 Å². The fraction of sp³-hybridized carbons (Fsp3) is 0.455. The summed E-state index contributed by atoms with van der Waals surface area (Å²) in [7, 11) is 0. The van der Waals surface area contributed by atoms with Crippen molar-refractivity contribution >= 4 is 33.3 Å². The SMILES string of the molecule is CCCCC(Cc1c[nH]c2ccccc12)NC(=O)c1cnc(N2CCNCC2)s1. The smallest absolute Gasteiger partial charge is 0.263 e. The van der Waals surface area contributed by atoms with Crippen LogP contribution in [0.15, 0.2) is 36.7 Å². The maximum Gasteiger partial charge on any atom is 0.263 e. The van der Waals surface area contributed by atoms with Crippen LogP contribution in [0, 0.1) is 0 Å². The maximum atomic E-state index is 12.9. The van der Waals surface area contributed by atoms with Crippen LogP contribution in [0.25, 0.3) is 10.9 Å². The number of carbonyl (C=O) groups is 1. The number of unbranched alkanes of at least 4 members (excludes halogenated alkanes) is 1. The first kappa shape index (κ1) is 19.9. The summed E-state index contributed by atoms with van der Waals surface area (Å²) >= 11 is 1.49. The molecule has 0 spiro atoms. The molecular formula is C22H29N5OS. The molecule has 0 saturated carbocycles. The first-order valence-electron chi connectivity index (χ1n) is 10.5. The molecule has 6 nitrogen and oxygen atoms in total. The van der Waals surface area contributed by atoms with Gasteiger partial charge in [-0.15, -0.1) is 0 Å². The van der Waals surface area contributed by atoms with Gasteiger partial charge in [-0.05, 0) is 24.5 Å². The fourth-order valence-electron chi connectivity index (χ4n) is 3.87. The molecule has 1 fully saturated rings. The summed E-state index contributed by atoms with van der Waals surface area (Å²) in [6.45, 7) is 5.99. The number of nitrogens with one attached hydrogen (secondary N) is 3. The topological polar surface area (TPSA) is 73.0 Å². The Kier molecular flexibility index (Phi) is 6.46. The molecule has 3 N–H and O–H groups in total. The second-order valence-corrected chi connectivity index (χ2v) is 8.63. The van der Waals surface area contributed by atoms with Crippen LogP contribution in [-0.4, -0.2) is 48.1 Å². The van der Waals surface area contributed by atoms with E-state index in [0.29, 0.717) is 4.88 Å². The van der Waals surface area contributed by atoms with E-state index >= 15 is 0 Å². The maximum absolute atomic E-state index is 12.9. The Bertz CT molecular complexity index is 943. The third kappa shape index (κ3) is 4.79. The number of aromatic amines is 1. The van der Waals surface area contributed by atoms with Gasteiger partial charge in [0.2, 0.25) is 0 Å². The summed E-state index contributed by atoms with van der Waals surface area (Å²) in [6.07, 6.45) is 7.82. The number of hydrogen-bond acceptors (Lipinski definition) is 5. The van der Waals surface area contributed by atoms with E-state index in [9.17, 15) is 4.79 Å². The van der Waals surface area contributed by atoms with Crippen LogP contribution in [0.4, 0.5) is 5.13 Å². The molecule has 1 aromatic carbocycles. The van der Waals surface area contributed by atoms with Crippen LogP contribution in [0.5, 0.6) is 0 Å². The Labute approximate surface area is 175 Å². The van der Waals surface area contributed by atoms with Gasteiger partial charge in [-0.1, -0.05) is 49.3 Å². The summed E-state index contributed by atoms with van der Waals surface area (Å²) in [5.41, 5.74) is 2.40. The van der Waals surface area contributed by atoms with Gasteiger partial charge in [0.1, 0.15) is 4.88 Å². The molecule has 1 amide bonds. The van der Waals surface area contributed by atoms with Crippen molar-refractivity contribution in [3.05, 3.63) is 47.1 Å². The van der Waals surface area contributed by atoms with Crippen LogP contribution in [-0.2, 0) is 6.42 Å². The molecule has 2 aromatic heterocycles. The summed E-state index contributed by atoms with van der Waals surface area (Å²) in [6, 6.07) is 8.45. The number of piperazine rings is 1. The summed E-state index contributed by atoms with van der Waals surface area (Å²) in [4.78, 5) is 23.7. The molecule has 0 radical (unpaired) electrons. The molecule has 1 aliphatic heterocycles. The molecule has 0 aliphatic carbocycles. The number of thiazole rings is 1. The minimum atomic E-state index is -0.00942. The summed E-state index contributed by atoms with van der Waals surface area (Å²) in [5.74, 6) is -0.00942.